The summed E-state index contributed by atoms with van der Waals surface area (Å²) in [5.74, 6) is -2.10. The molecule has 1 aliphatic carbocycles. The zero-order chi connectivity index (χ0) is 33.3. The van der Waals surface area contributed by atoms with Crippen molar-refractivity contribution in [2.75, 3.05) is 42.6 Å². The van der Waals surface area contributed by atoms with Gasteiger partial charge in [0.1, 0.15) is 6.54 Å². The summed E-state index contributed by atoms with van der Waals surface area (Å²) in [6, 6.07) is 17.6. The number of piperidine rings is 1. The third-order valence-corrected chi connectivity index (χ3v) is 9.27. The Kier molecular flexibility index (Phi) is 9.27. The maximum Gasteiger partial charge on any atom is 0.414 e. The molecule has 8 nitrogen and oxygen atoms in total. The van der Waals surface area contributed by atoms with Crippen LogP contribution in [0.4, 0.5) is 29.3 Å². The molecule has 2 atom stereocenters. The van der Waals surface area contributed by atoms with E-state index in [1.165, 1.54) is 4.90 Å². The van der Waals surface area contributed by atoms with Crippen molar-refractivity contribution in [3.8, 4) is 11.1 Å². The molecular formula is C36H39F3N4O4. The van der Waals surface area contributed by atoms with Gasteiger partial charge in [-0.3, -0.25) is 14.5 Å². The Balaban J connectivity index is 1.55. The molecule has 2 amide bonds. The van der Waals surface area contributed by atoms with E-state index in [-0.39, 0.29) is 23.5 Å². The highest BCUT2D eigenvalue weighted by atomic mass is 19.4. The molecule has 2 unspecified atom stereocenters. The summed E-state index contributed by atoms with van der Waals surface area (Å²) in [5.41, 5.74) is 10.7. The maximum absolute atomic E-state index is 14.7. The van der Waals surface area contributed by atoms with Crippen molar-refractivity contribution in [3.63, 3.8) is 0 Å². The molecule has 2 aliphatic heterocycles. The number of rotatable bonds is 9. The standard InChI is InChI=1S/C36H39F3N4O4/c1-2-3-18-41(22-36(37,38)39)34(45)31-24-12-5-4-11-23(24)25-16-17-27(32(30(25)31)43-19-9-8-15-29(43)40)33(44)26-13-6-7-14-28(26)42-20-10-21-47-35(42)46/h4-7,11-14,16-17,29,31H,2-3,8-10,15,18-22,40H2,1H3. The molecule has 248 valence electrons. The van der Waals surface area contributed by atoms with Crippen LogP contribution in [0.3, 0.4) is 0 Å². The van der Waals surface area contributed by atoms with E-state index in [1.54, 1.807) is 48.5 Å². The Hall–Kier alpha value is -4.38. The van der Waals surface area contributed by atoms with Gasteiger partial charge < -0.3 is 20.3 Å². The Morgan fingerprint density at radius 1 is 0.957 bits per heavy atom. The van der Waals surface area contributed by atoms with Crippen LogP contribution in [0, 0.1) is 0 Å². The molecule has 3 aromatic carbocycles. The molecule has 0 bridgehead atoms. The molecule has 2 fully saturated rings. The molecule has 6 rings (SSSR count). The quantitative estimate of drug-likeness (QED) is 0.255. The smallest absolute Gasteiger partial charge is 0.414 e. The topological polar surface area (TPSA) is 96.2 Å². The summed E-state index contributed by atoms with van der Waals surface area (Å²) in [4.78, 5) is 46.2. The van der Waals surface area contributed by atoms with E-state index in [2.05, 4.69) is 0 Å². The van der Waals surface area contributed by atoms with Crippen LogP contribution in [0.25, 0.3) is 11.1 Å². The Morgan fingerprint density at radius 3 is 2.47 bits per heavy atom. The molecule has 47 heavy (non-hydrogen) atoms. The summed E-state index contributed by atoms with van der Waals surface area (Å²) < 4.78 is 46.9. The van der Waals surface area contributed by atoms with Gasteiger partial charge in [-0.25, -0.2) is 4.79 Å². The van der Waals surface area contributed by atoms with Gasteiger partial charge in [-0.1, -0.05) is 55.8 Å². The lowest BCUT2D eigenvalue weighted by molar-refractivity contribution is -0.161. The van der Waals surface area contributed by atoms with E-state index in [4.69, 9.17) is 10.5 Å². The van der Waals surface area contributed by atoms with E-state index in [9.17, 15) is 27.6 Å². The van der Waals surface area contributed by atoms with Gasteiger partial charge in [0.15, 0.2) is 5.78 Å². The molecule has 2 saturated heterocycles. The fourth-order valence-corrected chi connectivity index (χ4v) is 7.10. The summed E-state index contributed by atoms with van der Waals surface area (Å²) in [6.07, 6.45) is -1.62. The van der Waals surface area contributed by atoms with Crippen molar-refractivity contribution in [2.24, 2.45) is 5.73 Å². The average molecular weight is 649 g/mol. The van der Waals surface area contributed by atoms with Gasteiger partial charge in [-0.2, -0.15) is 13.2 Å². The number of hydrogen-bond donors (Lipinski definition) is 1. The van der Waals surface area contributed by atoms with E-state index in [1.807, 2.05) is 24.0 Å². The average Bonchev–Trinajstić information content (AvgIpc) is 3.40. The van der Waals surface area contributed by atoms with Gasteiger partial charge in [0, 0.05) is 36.3 Å². The van der Waals surface area contributed by atoms with Crippen molar-refractivity contribution >= 4 is 29.2 Å². The normalized spacial score (nSPS) is 19.2. The lowest BCUT2D eigenvalue weighted by Gasteiger charge is -2.38. The number of alkyl halides is 3. The van der Waals surface area contributed by atoms with E-state index < -0.39 is 36.8 Å². The lowest BCUT2D eigenvalue weighted by atomic mass is 9.88. The minimum absolute atomic E-state index is 0.0423. The first kappa shape index (κ1) is 32.6. The lowest BCUT2D eigenvalue weighted by Crippen LogP contribution is -2.47. The predicted octanol–water partition coefficient (Wildman–Crippen LogP) is 6.84. The zero-order valence-electron chi connectivity index (χ0n) is 26.4. The number of para-hydroxylation sites is 1. The monoisotopic (exact) mass is 648 g/mol. The molecule has 2 heterocycles. The first-order chi connectivity index (χ1) is 22.6. The number of cyclic esters (lactones) is 1. The highest BCUT2D eigenvalue weighted by Crippen LogP contribution is 2.52. The highest BCUT2D eigenvalue weighted by molar-refractivity contribution is 6.18. The van der Waals surface area contributed by atoms with Crippen molar-refractivity contribution in [1.29, 1.82) is 0 Å². The molecule has 2 N–H and O–H groups in total. The predicted molar refractivity (Wildman–Crippen MR) is 174 cm³/mol. The number of amides is 2. The van der Waals surface area contributed by atoms with Crippen LogP contribution in [-0.4, -0.2) is 67.8 Å². The Labute approximate surface area is 272 Å². The van der Waals surface area contributed by atoms with Crippen molar-refractivity contribution in [3.05, 3.63) is 82.9 Å². The van der Waals surface area contributed by atoms with E-state index in [0.717, 1.165) is 23.3 Å². The van der Waals surface area contributed by atoms with Gasteiger partial charge in [0.2, 0.25) is 5.91 Å². The van der Waals surface area contributed by atoms with Crippen LogP contribution in [0.1, 0.15) is 78.4 Å². The highest BCUT2D eigenvalue weighted by Gasteiger charge is 2.44. The second-order valence-corrected chi connectivity index (χ2v) is 12.4. The number of anilines is 2. The number of unbranched alkanes of at least 4 members (excludes halogenated alkanes) is 1. The van der Waals surface area contributed by atoms with Crippen LogP contribution < -0.4 is 15.5 Å². The zero-order valence-corrected chi connectivity index (χ0v) is 26.4. The van der Waals surface area contributed by atoms with Crippen LogP contribution in [0.15, 0.2) is 60.7 Å². The Bertz CT molecular complexity index is 1680. The van der Waals surface area contributed by atoms with Gasteiger partial charge in [0.05, 0.1) is 30.1 Å². The number of benzene rings is 3. The number of ketones is 1. The SMILES string of the molecule is CCCCN(CC(F)(F)F)C(=O)C1c2ccccc2-c2ccc(C(=O)c3ccccc3N3CCCOC3=O)c(N3CCCCC3N)c21. The van der Waals surface area contributed by atoms with Crippen LogP contribution >= 0.6 is 0 Å². The summed E-state index contributed by atoms with van der Waals surface area (Å²) in [5, 5.41) is 0. The summed E-state index contributed by atoms with van der Waals surface area (Å²) in [7, 11) is 0. The molecule has 0 saturated carbocycles. The summed E-state index contributed by atoms with van der Waals surface area (Å²) >= 11 is 0. The Morgan fingerprint density at radius 2 is 1.72 bits per heavy atom. The molecule has 0 spiro atoms. The number of ether oxygens (including phenoxy) is 1. The molecule has 0 radical (unpaired) electrons. The first-order valence-electron chi connectivity index (χ1n) is 16.3. The number of halogens is 3. The van der Waals surface area contributed by atoms with Crippen LogP contribution in [-0.2, 0) is 9.53 Å². The summed E-state index contributed by atoms with van der Waals surface area (Å²) in [6.45, 7) is 1.65. The van der Waals surface area contributed by atoms with Crippen molar-refractivity contribution < 1.29 is 32.3 Å². The third kappa shape index (κ3) is 6.33. The molecule has 0 aromatic heterocycles. The third-order valence-electron chi connectivity index (χ3n) is 9.27. The first-order valence-corrected chi connectivity index (χ1v) is 16.3. The van der Waals surface area contributed by atoms with Crippen molar-refractivity contribution in [2.45, 2.75) is 63.7 Å². The minimum atomic E-state index is -4.58. The number of fused-ring (bicyclic) bond motifs is 3. The molecule has 11 heteroatoms. The molecular weight excluding hydrogens is 609 g/mol. The van der Waals surface area contributed by atoms with Gasteiger partial charge in [0.25, 0.3) is 0 Å². The van der Waals surface area contributed by atoms with E-state index in [0.29, 0.717) is 73.4 Å². The van der Waals surface area contributed by atoms with Crippen LogP contribution in [0.5, 0.6) is 0 Å². The second kappa shape index (κ2) is 13.4. The number of carbonyl (C=O) groups is 3. The minimum Gasteiger partial charge on any atom is -0.449 e. The fourth-order valence-electron chi connectivity index (χ4n) is 7.10. The number of carbonyl (C=O) groups excluding carboxylic acids is 3. The van der Waals surface area contributed by atoms with Gasteiger partial charge in [-0.05, 0) is 67.0 Å². The van der Waals surface area contributed by atoms with E-state index >= 15 is 0 Å². The largest absolute Gasteiger partial charge is 0.449 e. The van der Waals surface area contributed by atoms with Gasteiger partial charge in [-0.15, -0.1) is 0 Å². The maximum atomic E-state index is 14.7. The number of nitrogens with zero attached hydrogens (tertiary/aromatic N) is 3. The van der Waals surface area contributed by atoms with Gasteiger partial charge >= 0.3 is 12.3 Å². The molecule has 3 aromatic rings. The van der Waals surface area contributed by atoms with Crippen LogP contribution in [0.2, 0.25) is 0 Å². The fraction of sp³-hybridized carbons (Fsp3) is 0.417. The van der Waals surface area contributed by atoms with Crippen molar-refractivity contribution in [1.82, 2.24) is 4.90 Å². The second-order valence-electron chi connectivity index (χ2n) is 12.4. The number of hydrogen-bond acceptors (Lipinski definition) is 6. The molecule has 3 aliphatic rings. The number of nitrogens with two attached hydrogens (primary N) is 1.